The van der Waals surface area contributed by atoms with Gasteiger partial charge in [-0.2, -0.15) is 0 Å². The van der Waals surface area contributed by atoms with Gasteiger partial charge in [-0.05, 0) is 118 Å². The van der Waals surface area contributed by atoms with E-state index in [0.717, 1.165) is 33.7 Å². The zero-order chi connectivity index (χ0) is 46.8. The highest BCUT2D eigenvalue weighted by atomic mass is 16.5. The molecule has 2 unspecified atom stereocenters. The number of hydrogen-bond acceptors (Lipinski definition) is 4. The van der Waals surface area contributed by atoms with Crippen LogP contribution in [-0.2, 0) is 17.4 Å². The second-order valence-electron chi connectivity index (χ2n) is 19.5. The van der Waals surface area contributed by atoms with Crippen molar-refractivity contribution in [3.05, 3.63) is 297 Å². The monoisotopic (exact) mass is 910 g/mol. The molecule has 0 radical (unpaired) electrons. The number of hydrogen-bond donors (Lipinski definition) is 3. The Hall–Kier alpha value is -8.77. The van der Waals surface area contributed by atoms with Gasteiger partial charge >= 0.3 is 0 Å². The Morgan fingerprint density at radius 2 is 0.887 bits per heavy atom. The van der Waals surface area contributed by atoms with Gasteiger partial charge in [-0.15, -0.1) is 0 Å². The number of nitrogens with one attached hydrogen (secondary N) is 2. The maximum absolute atomic E-state index is 7.42. The van der Waals surface area contributed by atoms with E-state index in [9.17, 15) is 0 Å². The Morgan fingerprint density at radius 3 is 1.38 bits per heavy atom. The minimum Gasteiger partial charge on any atom is -0.464 e. The first-order chi connectivity index (χ1) is 35.1. The largest absolute Gasteiger partial charge is 0.464 e. The molecule has 0 saturated carbocycles. The molecule has 71 heavy (non-hydrogen) atoms. The van der Waals surface area contributed by atoms with E-state index in [1.807, 2.05) is 18.2 Å². The molecule has 0 saturated heterocycles. The van der Waals surface area contributed by atoms with Crippen molar-refractivity contribution in [2.24, 2.45) is 10.7 Å². The van der Waals surface area contributed by atoms with Crippen molar-refractivity contribution < 1.29 is 4.74 Å². The highest BCUT2D eigenvalue weighted by Crippen LogP contribution is 2.64. The minimum atomic E-state index is -0.491. The standard InChI is InChI=1S/C66H46N4O/c67-62(42-33-35-50-48-19-5-11-25-56(48)65(58(50)37-42)52-21-7-1-15-44(52)45-16-2-8-22-53(45)65)70-63(68-39-40-29-31-41(32-30-40)64-69-60-27-13-14-28-61(60)71-64)43-34-36-51-49-20-6-12-26-57(49)66(59(51)38-43)54-23-9-3-17-46(54)47-18-4-10-24-55(47)66/h1-38,63-64,68-69H,39H2,(H2,67,70). The van der Waals surface area contributed by atoms with E-state index in [1.54, 1.807) is 0 Å². The fraction of sp³-hybridized carbons (Fsp3) is 0.0758. The van der Waals surface area contributed by atoms with Crippen LogP contribution in [0, 0.1) is 0 Å². The van der Waals surface area contributed by atoms with Crippen LogP contribution in [0.2, 0.25) is 0 Å². The van der Waals surface area contributed by atoms with Gasteiger partial charge in [0.1, 0.15) is 17.8 Å². The third kappa shape index (κ3) is 5.52. The second-order valence-corrected chi connectivity index (χ2v) is 19.5. The number of ether oxygens (including phenoxy) is 1. The molecule has 5 nitrogen and oxygen atoms in total. The molecule has 10 aromatic carbocycles. The van der Waals surface area contributed by atoms with E-state index in [1.165, 1.54) is 89.0 Å². The molecule has 336 valence electrons. The molecule has 5 heteroatoms. The summed E-state index contributed by atoms with van der Waals surface area (Å²) in [7, 11) is 0. The first-order valence-corrected chi connectivity index (χ1v) is 24.7. The number of anilines is 1. The molecule has 0 amide bonds. The van der Waals surface area contributed by atoms with Gasteiger partial charge in [0.15, 0.2) is 6.23 Å². The average molecular weight is 911 g/mol. The number of aliphatic imine (C=N–C) groups is 1. The molecule has 10 aromatic rings. The zero-order valence-corrected chi connectivity index (χ0v) is 38.7. The van der Waals surface area contributed by atoms with Crippen LogP contribution >= 0.6 is 0 Å². The summed E-state index contributed by atoms with van der Waals surface area (Å²) in [6, 6.07) is 84.1. The highest BCUT2D eigenvalue weighted by Gasteiger charge is 2.53. The second kappa shape index (κ2) is 15.1. The van der Waals surface area contributed by atoms with Crippen LogP contribution in [0.1, 0.15) is 79.2 Å². The highest BCUT2D eigenvalue weighted by molar-refractivity contribution is 6.02. The van der Waals surface area contributed by atoms with Crippen LogP contribution in [0.5, 0.6) is 5.75 Å². The first-order valence-electron chi connectivity index (χ1n) is 24.7. The smallest absolute Gasteiger partial charge is 0.196 e. The quantitative estimate of drug-likeness (QED) is 0.110. The maximum atomic E-state index is 7.42. The lowest BCUT2D eigenvalue weighted by atomic mass is 9.70. The van der Waals surface area contributed by atoms with Crippen LogP contribution in [-0.4, -0.2) is 5.84 Å². The summed E-state index contributed by atoms with van der Waals surface area (Å²) >= 11 is 0. The van der Waals surface area contributed by atoms with Crippen molar-refractivity contribution in [1.82, 2.24) is 5.32 Å². The molecule has 0 bridgehead atoms. The molecular weight excluding hydrogens is 865 g/mol. The summed E-state index contributed by atoms with van der Waals surface area (Å²) in [4.78, 5) is 5.55. The lowest BCUT2D eigenvalue weighted by Gasteiger charge is -2.31. The van der Waals surface area contributed by atoms with Gasteiger partial charge < -0.3 is 15.8 Å². The molecule has 4 aliphatic carbocycles. The fourth-order valence-electron chi connectivity index (χ4n) is 13.2. The van der Waals surface area contributed by atoms with Gasteiger partial charge in [0.05, 0.1) is 16.5 Å². The van der Waals surface area contributed by atoms with Crippen molar-refractivity contribution >= 4 is 11.5 Å². The van der Waals surface area contributed by atoms with Crippen LogP contribution in [0.4, 0.5) is 5.69 Å². The summed E-state index contributed by atoms with van der Waals surface area (Å²) in [5, 5.41) is 7.43. The number of amidine groups is 1. The Balaban J connectivity index is 0.866. The van der Waals surface area contributed by atoms with Gasteiger partial charge in [0.25, 0.3) is 0 Å². The van der Waals surface area contributed by atoms with E-state index in [2.05, 4.69) is 223 Å². The van der Waals surface area contributed by atoms with E-state index in [0.29, 0.717) is 12.4 Å². The Morgan fingerprint density at radius 1 is 0.465 bits per heavy atom. The van der Waals surface area contributed by atoms with E-state index < -0.39 is 17.0 Å². The predicted molar refractivity (Wildman–Crippen MR) is 286 cm³/mol. The fourth-order valence-corrected chi connectivity index (χ4v) is 13.2. The molecule has 1 aliphatic heterocycles. The van der Waals surface area contributed by atoms with Gasteiger partial charge in [-0.25, -0.2) is 4.99 Å². The number of rotatable bonds is 7. The number of benzene rings is 10. The van der Waals surface area contributed by atoms with E-state index in [4.69, 9.17) is 15.5 Å². The molecule has 2 spiro atoms. The van der Waals surface area contributed by atoms with Crippen molar-refractivity contribution in [2.45, 2.75) is 29.8 Å². The first kappa shape index (κ1) is 40.1. The van der Waals surface area contributed by atoms with Crippen molar-refractivity contribution in [3.63, 3.8) is 0 Å². The van der Waals surface area contributed by atoms with Gasteiger partial charge in [-0.3, -0.25) is 5.32 Å². The van der Waals surface area contributed by atoms with Gasteiger partial charge in [-0.1, -0.05) is 212 Å². The topological polar surface area (TPSA) is 71.7 Å². The summed E-state index contributed by atoms with van der Waals surface area (Å²) < 4.78 is 6.27. The Kier molecular flexibility index (Phi) is 8.55. The van der Waals surface area contributed by atoms with Crippen molar-refractivity contribution in [2.75, 3.05) is 5.32 Å². The minimum absolute atomic E-state index is 0.245. The molecule has 1 heterocycles. The maximum Gasteiger partial charge on any atom is 0.196 e. The number of nitrogens with zero attached hydrogens (tertiary/aromatic N) is 1. The summed E-state index contributed by atoms with van der Waals surface area (Å²) in [6.07, 6.45) is -0.736. The third-order valence-corrected chi connectivity index (χ3v) is 16.1. The zero-order valence-electron chi connectivity index (χ0n) is 38.7. The molecule has 15 rings (SSSR count). The van der Waals surface area contributed by atoms with E-state index >= 15 is 0 Å². The van der Waals surface area contributed by atoms with Crippen LogP contribution in [0.25, 0.3) is 44.5 Å². The number of para-hydroxylation sites is 2. The van der Waals surface area contributed by atoms with Crippen molar-refractivity contribution in [1.29, 1.82) is 0 Å². The molecule has 0 aromatic heterocycles. The SMILES string of the molecule is N/C(=N\C(NCc1ccc(C2Nc3ccccc3O2)cc1)c1ccc2c(c1)C1(c3ccccc3-c3ccccc31)c1ccccc1-2)c1ccc2c(c1)C1(c3ccccc3-c3ccccc31)c1ccccc1-2. The number of nitrogens with two attached hydrogens (primary N) is 1. The summed E-state index contributed by atoms with van der Waals surface area (Å²) in [5.74, 6) is 1.34. The van der Waals surface area contributed by atoms with Crippen LogP contribution in [0.3, 0.4) is 0 Å². The normalized spacial score (nSPS) is 16.4. The van der Waals surface area contributed by atoms with Gasteiger partial charge in [0.2, 0.25) is 0 Å². The molecule has 0 fully saturated rings. The molecule has 2 atom stereocenters. The number of fused-ring (bicyclic) bond motifs is 21. The molecule has 4 N–H and O–H groups in total. The molecule has 5 aliphatic rings. The Bertz CT molecular complexity index is 3730. The molecular formula is C66H46N4O. The Labute approximate surface area is 413 Å². The average Bonchev–Trinajstić information content (AvgIpc) is 4.22. The van der Waals surface area contributed by atoms with Crippen molar-refractivity contribution in [3.8, 4) is 50.3 Å². The summed E-state index contributed by atoms with van der Waals surface area (Å²) in [6.45, 7) is 0.561. The van der Waals surface area contributed by atoms with E-state index in [-0.39, 0.29) is 6.23 Å². The van der Waals surface area contributed by atoms with Crippen LogP contribution < -0.4 is 21.1 Å². The predicted octanol–water partition coefficient (Wildman–Crippen LogP) is 14.1. The lowest BCUT2D eigenvalue weighted by Crippen LogP contribution is -2.28. The lowest BCUT2D eigenvalue weighted by molar-refractivity contribution is 0.260. The summed E-state index contributed by atoms with van der Waals surface area (Å²) in [5.41, 5.74) is 32.0. The van der Waals surface area contributed by atoms with Crippen LogP contribution in [0.15, 0.2) is 236 Å². The van der Waals surface area contributed by atoms with Gasteiger partial charge in [0, 0.05) is 17.7 Å². The third-order valence-electron chi connectivity index (χ3n) is 16.1.